The van der Waals surface area contributed by atoms with Crippen LogP contribution in [0.3, 0.4) is 0 Å². The summed E-state index contributed by atoms with van der Waals surface area (Å²) >= 11 is 1.26. The number of hydrogen-bond acceptors (Lipinski definition) is 4. The molecule has 0 aliphatic heterocycles. The van der Waals surface area contributed by atoms with Gasteiger partial charge in [-0.1, -0.05) is 30.3 Å². The van der Waals surface area contributed by atoms with Crippen LogP contribution in [0.2, 0.25) is 0 Å². The highest BCUT2D eigenvalue weighted by molar-refractivity contribution is 7.14. The van der Waals surface area contributed by atoms with Gasteiger partial charge in [-0.05, 0) is 24.3 Å². The molecule has 0 unspecified atom stereocenters. The molecular weight excluding hydrogens is 327 g/mol. The molecule has 0 spiro atoms. The average molecular weight is 338 g/mol. The van der Waals surface area contributed by atoms with Crippen LogP contribution in [-0.2, 0) is 0 Å². The summed E-state index contributed by atoms with van der Waals surface area (Å²) in [4.78, 5) is 16.5. The molecule has 2 aromatic heterocycles. The topological polar surface area (TPSA) is 55.1 Å². The molecule has 0 aliphatic carbocycles. The fraction of sp³-hybridized carbons (Fsp3) is 0. The van der Waals surface area contributed by atoms with Gasteiger partial charge in [0.25, 0.3) is 5.91 Å². The van der Waals surface area contributed by atoms with Gasteiger partial charge in [-0.15, -0.1) is 11.3 Å². The normalized spacial score (nSPS) is 10.9. The molecule has 2 aromatic carbocycles. The van der Waals surface area contributed by atoms with Gasteiger partial charge in [0.15, 0.2) is 10.9 Å². The molecule has 0 radical (unpaired) electrons. The molecule has 0 aliphatic rings. The Balaban J connectivity index is 1.58. The number of furan rings is 1. The highest BCUT2D eigenvalue weighted by atomic mass is 32.1. The van der Waals surface area contributed by atoms with E-state index in [0.29, 0.717) is 16.6 Å². The molecule has 2 heterocycles. The number of rotatable bonds is 3. The lowest BCUT2D eigenvalue weighted by molar-refractivity contribution is 0.102. The number of halogens is 1. The molecule has 1 amide bonds. The number of nitrogens with zero attached hydrogens (tertiary/aromatic N) is 1. The highest BCUT2D eigenvalue weighted by Crippen LogP contribution is 2.30. The van der Waals surface area contributed by atoms with Crippen LogP contribution in [0, 0.1) is 5.82 Å². The number of aromatic nitrogens is 1. The van der Waals surface area contributed by atoms with E-state index in [4.69, 9.17) is 4.42 Å². The second-order valence-corrected chi connectivity index (χ2v) is 5.98. The van der Waals surface area contributed by atoms with E-state index in [9.17, 15) is 9.18 Å². The average Bonchev–Trinajstić information content (AvgIpc) is 3.21. The summed E-state index contributed by atoms with van der Waals surface area (Å²) in [6.07, 6.45) is 0. The Morgan fingerprint density at radius 3 is 2.75 bits per heavy atom. The third-order valence-corrected chi connectivity index (χ3v) is 4.28. The minimum atomic E-state index is -0.566. The van der Waals surface area contributed by atoms with E-state index in [0.717, 1.165) is 11.0 Å². The fourth-order valence-corrected chi connectivity index (χ4v) is 3.06. The van der Waals surface area contributed by atoms with Crippen molar-refractivity contribution in [3.63, 3.8) is 0 Å². The number of para-hydroxylation sites is 1. The zero-order chi connectivity index (χ0) is 16.5. The molecule has 24 heavy (non-hydrogen) atoms. The van der Waals surface area contributed by atoms with E-state index in [1.165, 1.54) is 29.5 Å². The highest BCUT2D eigenvalue weighted by Gasteiger charge is 2.14. The van der Waals surface area contributed by atoms with Crippen molar-refractivity contribution in [2.45, 2.75) is 0 Å². The molecule has 0 fully saturated rings. The van der Waals surface area contributed by atoms with E-state index in [2.05, 4.69) is 10.3 Å². The molecule has 0 atom stereocenters. The molecule has 4 nitrogen and oxygen atoms in total. The number of hydrogen-bond donors (Lipinski definition) is 1. The second kappa shape index (κ2) is 5.90. The SMILES string of the molecule is O=C(Nc1nc(-c2cc3ccccc3o2)cs1)c1ccccc1F. The fourth-order valence-electron chi connectivity index (χ4n) is 2.36. The summed E-state index contributed by atoms with van der Waals surface area (Å²) < 4.78 is 19.4. The van der Waals surface area contributed by atoms with Crippen molar-refractivity contribution in [2.75, 3.05) is 5.32 Å². The van der Waals surface area contributed by atoms with Crippen molar-refractivity contribution < 1.29 is 13.6 Å². The van der Waals surface area contributed by atoms with Gasteiger partial charge >= 0.3 is 0 Å². The predicted octanol–water partition coefficient (Wildman–Crippen LogP) is 4.95. The van der Waals surface area contributed by atoms with Crippen molar-refractivity contribution in [1.29, 1.82) is 0 Å². The van der Waals surface area contributed by atoms with Crippen molar-refractivity contribution in [1.82, 2.24) is 4.98 Å². The van der Waals surface area contributed by atoms with Crippen LogP contribution < -0.4 is 5.32 Å². The molecule has 118 valence electrons. The quantitative estimate of drug-likeness (QED) is 0.575. The van der Waals surface area contributed by atoms with Gasteiger partial charge in [0.05, 0.1) is 5.56 Å². The Labute approximate surface area is 140 Å². The van der Waals surface area contributed by atoms with E-state index in [1.807, 2.05) is 30.3 Å². The van der Waals surface area contributed by atoms with Gasteiger partial charge in [0, 0.05) is 10.8 Å². The molecule has 4 rings (SSSR count). The Bertz CT molecular complexity index is 1010. The molecule has 0 bridgehead atoms. The van der Waals surface area contributed by atoms with E-state index in [-0.39, 0.29) is 5.56 Å². The van der Waals surface area contributed by atoms with Crippen LogP contribution in [0.1, 0.15) is 10.4 Å². The smallest absolute Gasteiger partial charge is 0.260 e. The van der Waals surface area contributed by atoms with Gasteiger partial charge in [-0.3, -0.25) is 10.1 Å². The molecule has 1 N–H and O–H groups in total. The first-order valence-electron chi connectivity index (χ1n) is 7.21. The van der Waals surface area contributed by atoms with Gasteiger partial charge in [-0.2, -0.15) is 0 Å². The van der Waals surface area contributed by atoms with E-state index in [1.54, 1.807) is 11.4 Å². The summed E-state index contributed by atoms with van der Waals surface area (Å²) in [6.45, 7) is 0. The molecule has 4 aromatic rings. The molecule has 6 heteroatoms. The number of thiazole rings is 1. The maximum Gasteiger partial charge on any atom is 0.260 e. The van der Waals surface area contributed by atoms with Gasteiger partial charge in [0.2, 0.25) is 0 Å². The molecule has 0 saturated heterocycles. The van der Waals surface area contributed by atoms with Crippen LogP contribution >= 0.6 is 11.3 Å². The Kier molecular flexibility index (Phi) is 3.59. The summed E-state index contributed by atoms with van der Waals surface area (Å²) in [5.41, 5.74) is 1.38. The van der Waals surface area contributed by atoms with Gasteiger partial charge in [-0.25, -0.2) is 9.37 Å². The van der Waals surface area contributed by atoms with Crippen LogP contribution in [0.15, 0.2) is 64.4 Å². The summed E-state index contributed by atoms with van der Waals surface area (Å²) in [5, 5.41) is 5.77. The first-order valence-corrected chi connectivity index (χ1v) is 8.09. The number of fused-ring (bicyclic) bond motifs is 1. The van der Waals surface area contributed by atoms with Crippen LogP contribution in [0.5, 0.6) is 0 Å². The van der Waals surface area contributed by atoms with E-state index < -0.39 is 11.7 Å². The maximum absolute atomic E-state index is 13.6. The number of nitrogens with one attached hydrogen (secondary N) is 1. The Morgan fingerprint density at radius 2 is 1.92 bits per heavy atom. The number of carbonyl (C=O) groups excluding carboxylic acids is 1. The monoisotopic (exact) mass is 338 g/mol. The number of benzene rings is 2. The van der Waals surface area contributed by atoms with Gasteiger partial charge < -0.3 is 4.42 Å². The standard InChI is InChI=1S/C18H11FN2O2S/c19-13-7-3-2-6-12(13)17(22)21-18-20-14(10-24-18)16-9-11-5-1-4-8-15(11)23-16/h1-10H,(H,20,21,22). The lowest BCUT2D eigenvalue weighted by Crippen LogP contribution is -2.13. The number of carbonyl (C=O) groups is 1. The zero-order valence-corrected chi connectivity index (χ0v) is 13.1. The Morgan fingerprint density at radius 1 is 1.12 bits per heavy atom. The minimum absolute atomic E-state index is 0.0158. The molecular formula is C18H11FN2O2S. The lowest BCUT2D eigenvalue weighted by atomic mass is 10.2. The van der Waals surface area contributed by atoms with Crippen LogP contribution in [0.25, 0.3) is 22.4 Å². The minimum Gasteiger partial charge on any atom is -0.454 e. The number of anilines is 1. The van der Waals surface area contributed by atoms with Crippen molar-refractivity contribution in [3.05, 3.63) is 71.4 Å². The van der Waals surface area contributed by atoms with Crippen LogP contribution in [0.4, 0.5) is 9.52 Å². The van der Waals surface area contributed by atoms with Gasteiger partial charge in [0.1, 0.15) is 17.1 Å². The van der Waals surface area contributed by atoms with E-state index >= 15 is 0 Å². The first-order chi connectivity index (χ1) is 11.7. The summed E-state index contributed by atoms with van der Waals surface area (Å²) in [7, 11) is 0. The Hall–Kier alpha value is -2.99. The third-order valence-electron chi connectivity index (χ3n) is 3.52. The third kappa shape index (κ3) is 2.68. The largest absolute Gasteiger partial charge is 0.454 e. The lowest BCUT2D eigenvalue weighted by Gasteiger charge is -2.02. The van der Waals surface area contributed by atoms with Crippen LogP contribution in [-0.4, -0.2) is 10.9 Å². The zero-order valence-electron chi connectivity index (χ0n) is 12.3. The maximum atomic E-state index is 13.6. The summed E-state index contributed by atoms with van der Waals surface area (Å²) in [6, 6.07) is 15.4. The molecule has 0 saturated carbocycles. The second-order valence-electron chi connectivity index (χ2n) is 5.12. The van der Waals surface area contributed by atoms with Crippen molar-refractivity contribution in [3.8, 4) is 11.5 Å². The first kappa shape index (κ1) is 14.6. The number of amides is 1. The predicted molar refractivity (Wildman–Crippen MR) is 91.7 cm³/mol. The summed E-state index contributed by atoms with van der Waals surface area (Å²) in [5.74, 6) is -0.471. The van der Waals surface area contributed by atoms with Crippen molar-refractivity contribution >= 4 is 33.3 Å². The van der Waals surface area contributed by atoms with Crippen molar-refractivity contribution in [2.24, 2.45) is 0 Å².